The molecule has 0 bridgehead atoms. The highest BCUT2D eigenvalue weighted by molar-refractivity contribution is 7.92. The molecule has 0 aliphatic heterocycles. The average Bonchev–Trinajstić information content (AvgIpc) is 3.14. The number of hydrogen-bond donors (Lipinski definition) is 1. The molecule has 0 aliphatic rings. The van der Waals surface area contributed by atoms with Gasteiger partial charge in [-0.2, -0.15) is 0 Å². The van der Waals surface area contributed by atoms with Crippen molar-refractivity contribution in [3.8, 4) is 0 Å². The SMILES string of the molecule is CCOC(=O)c1c(C)oc2c1cc(NS(=O)(=O)c1ccc(C(C)CC)cc1)c1ccccc12. The molecule has 3 aromatic carbocycles. The molecule has 1 atom stereocenters. The Morgan fingerprint density at radius 3 is 2.33 bits per heavy atom. The van der Waals surface area contributed by atoms with Crippen LogP contribution in [0.15, 0.2) is 63.9 Å². The number of nitrogens with one attached hydrogen (secondary N) is 1. The first-order chi connectivity index (χ1) is 15.8. The Hall–Kier alpha value is -3.32. The van der Waals surface area contributed by atoms with Gasteiger partial charge in [-0.1, -0.05) is 50.2 Å². The van der Waals surface area contributed by atoms with Gasteiger partial charge in [0, 0.05) is 16.2 Å². The monoisotopic (exact) mass is 465 g/mol. The molecule has 0 spiro atoms. The number of benzene rings is 3. The summed E-state index contributed by atoms with van der Waals surface area (Å²) in [5, 5.41) is 1.89. The van der Waals surface area contributed by atoms with Crippen LogP contribution in [-0.2, 0) is 14.8 Å². The second kappa shape index (κ2) is 8.90. The third-order valence-electron chi connectivity index (χ3n) is 5.97. The summed E-state index contributed by atoms with van der Waals surface area (Å²) in [5.41, 5.74) is 2.29. The smallest absolute Gasteiger partial charge is 0.342 e. The Morgan fingerprint density at radius 2 is 1.70 bits per heavy atom. The van der Waals surface area contributed by atoms with E-state index in [1.807, 2.05) is 36.4 Å². The summed E-state index contributed by atoms with van der Waals surface area (Å²) in [6.45, 7) is 7.86. The minimum atomic E-state index is -3.86. The van der Waals surface area contributed by atoms with Crippen molar-refractivity contribution in [2.24, 2.45) is 0 Å². The van der Waals surface area contributed by atoms with Gasteiger partial charge in [-0.15, -0.1) is 0 Å². The molecule has 33 heavy (non-hydrogen) atoms. The normalized spacial score (nSPS) is 12.7. The highest BCUT2D eigenvalue weighted by Gasteiger charge is 2.24. The van der Waals surface area contributed by atoms with Gasteiger partial charge in [0.15, 0.2) is 0 Å². The molecular formula is C26H27NO5S. The van der Waals surface area contributed by atoms with E-state index in [9.17, 15) is 13.2 Å². The number of fused-ring (bicyclic) bond motifs is 3. The lowest BCUT2D eigenvalue weighted by Gasteiger charge is -2.13. The Labute approximate surface area is 193 Å². The Morgan fingerprint density at radius 1 is 1.03 bits per heavy atom. The molecule has 0 fully saturated rings. The zero-order valence-corrected chi connectivity index (χ0v) is 20.0. The molecule has 0 aliphatic carbocycles. The number of anilines is 1. The zero-order valence-electron chi connectivity index (χ0n) is 19.1. The van der Waals surface area contributed by atoms with E-state index in [0.717, 1.165) is 12.0 Å². The highest BCUT2D eigenvalue weighted by atomic mass is 32.2. The van der Waals surface area contributed by atoms with Gasteiger partial charge >= 0.3 is 5.97 Å². The molecule has 7 heteroatoms. The number of ether oxygens (including phenoxy) is 1. The third-order valence-corrected chi connectivity index (χ3v) is 7.35. The Bertz CT molecular complexity index is 1440. The lowest BCUT2D eigenvalue weighted by Crippen LogP contribution is -2.13. The first-order valence-electron chi connectivity index (χ1n) is 11.0. The van der Waals surface area contributed by atoms with Crippen molar-refractivity contribution in [3.63, 3.8) is 0 Å². The molecule has 1 aromatic heterocycles. The highest BCUT2D eigenvalue weighted by Crippen LogP contribution is 2.37. The van der Waals surface area contributed by atoms with Crippen LogP contribution in [0.4, 0.5) is 5.69 Å². The van der Waals surface area contributed by atoms with Crippen LogP contribution in [0, 0.1) is 6.92 Å². The van der Waals surface area contributed by atoms with Gasteiger partial charge in [-0.3, -0.25) is 4.72 Å². The number of rotatable bonds is 7. The quantitative estimate of drug-likeness (QED) is 0.320. The van der Waals surface area contributed by atoms with Crippen molar-refractivity contribution in [1.82, 2.24) is 0 Å². The van der Waals surface area contributed by atoms with Crippen molar-refractivity contribution in [2.45, 2.75) is 44.9 Å². The fourth-order valence-electron chi connectivity index (χ4n) is 3.99. The number of aryl methyl sites for hydroxylation is 1. The van der Waals surface area contributed by atoms with Crippen molar-refractivity contribution >= 4 is 43.4 Å². The fraction of sp³-hybridized carbons (Fsp3) is 0.269. The van der Waals surface area contributed by atoms with E-state index in [1.54, 1.807) is 32.0 Å². The average molecular weight is 466 g/mol. The van der Waals surface area contributed by atoms with Crippen molar-refractivity contribution < 1.29 is 22.4 Å². The topological polar surface area (TPSA) is 85.6 Å². The molecule has 4 aromatic rings. The number of carbonyl (C=O) groups is 1. The maximum Gasteiger partial charge on any atom is 0.342 e. The molecule has 0 amide bonds. The van der Waals surface area contributed by atoms with Crippen LogP contribution >= 0.6 is 0 Å². The van der Waals surface area contributed by atoms with Gasteiger partial charge in [0.2, 0.25) is 0 Å². The van der Waals surface area contributed by atoms with Crippen LogP contribution in [-0.4, -0.2) is 21.0 Å². The predicted molar refractivity (Wildman–Crippen MR) is 130 cm³/mol. The summed E-state index contributed by atoms with van der Waals surface area (Å²) >= 11 is 0. The van der Waals surface area contributed by atoms with Crippen LogP contribution in [0.2, 0.25) is 0 Å². The Balaban J connectivity index is 1.84. The molecular weight excluding hydrogens is 438 g/mol. The first-order valence-corrected chi connectivity index (χ1v) is 12.5. The van der Waals surface area contributed by atoms with E-state index >= 15 is 0 Å². The van der Waals surface area contributed by atoms with Crippen LogP contribution in [0.5, 0.6) is 0 Å². The van der Waals surface area contributed by atoms with Crippen molar-refractivity contribution in [2.75, 3.05) is 11.3 Å². The summed E-state index contributed by atoms with van der Waals surface area (Å²) < 4.78 is 40.3. The number of esters is 1. The third kappa shape index (κ3) is 4.20. The molecule has 1 N–H and O–H groups in total. The van der Waals surface area contributed by atoms with E-state index in [-0.39, 0.29) is 11.5 Å². The molecule has 6 nitrogen and oxygen atoms in total. The van der Waals surface area contributed by atoms with Gasteiger partial charge in [-0.05, 0) is 49.9 Å². The van der Waals surface area contributed by atoms with E-state index in [2.05, 4.69) is 18.6 Å². The second-order valence-electron chi connectivity index (χ2n) is 8.08. The van der Waals surface area contributed by atoms with Crippen LogP contribution in [0.25, 0.3) is 21.7 Å². The summed E-state index contributed by atoms with van der Waals surface area (Å²) in [7, 11) is -3.86. The van der Waals surface area contributed by atoms with Gasteiger partial charge < -0.3 is 9.15 Å². The Kier molecular flexibility index (Phi) is 6.17. The van der Waals surface area contributed by atoms with Crippen LogP contribution in [0.3, 0.4) is 0 Å². The van der Waals surface area contributed by atoms with Crippen molar-refractivity contribution in [3.05, 3.63) is 71.5 Å². The van der Waals surface area contributed by atoms with E-state index in [4.69, 9.17) is 9.15 Å². The predicted octanol–water partition coefficient (Wildman–Crippen LogP) is 6.39. The van der Waals surface area contributed by atoms with E-state index < -0.39 is 16.0 Å². The lowest BCUT2D eigenvalue weighted by molar-refractivity contribution is 0.0526. The second-order valence-corrected chi connectivity index (χ2v) is 9.77. The molecule has 4 rings (SSSR count). The number of furan rings is 1. The minimum Gasteiger partial charge on any atom is -0.462 e. The maximum absolute atomic E-state index is 13.2. The number of carbonyl (C=O) groups excluding carboxylic acids is 1. The molecule has 172 valence electrons. The molecule has 1 unspecified atom stereocenters. The van der Waals surface area contributed by atoms with Gasteiger partial charge in [0.25, 0.3) is 10.0 Å². The van der Waals surface area contributed by atoms with E-state index in [1.165, 1.54) is 0 Å². The zero-order chi connectivity index (χ0) is 23.8. The summed E-state index contributed by atoms with van der Waals surface area (Å²) in [4.78, 5) is 12.8. The van der Waals surface area contributed by atoms with Crippen LogP contribution in [0.1, 0.15) is 54.8 Å². The summed E-state index contributed by atoms with van der Waals surface area (Å²) in [5.74, 6) is 0.277. The standard InChI is InChI=1S/C26H27NO5S/c1-5-16(3)18-11-13-19(14-12-18)33(29,30)27-23-15-22-24(26(28)31-6-2)17(4)32-25(22)21-10-8-7-9-20(21)23/h7-16,27H,5-6H2,1-4H3. The molecule has 0 saturated carbocycles. The largest absolute Gasteiger partial charge is 0.462 e. The fourth-order valence-corrected chi connectivity index (χ4v) is 5.07. The van der Waals surface area contributed by atoms with Gasteiger partial charge in [-0.25, -0.2) is 13.2 Å². The maximum atomic E-state index is 13.2. The number of hydrogen-bond acceptors (Lipinski definition) is 5. The summed E-state index contributed by atoms with van der Waals surface area (Å²) in [6.07, 6.45) is 0.975. The molecule has 0 saturated heterocycles. The minimum absolute atomic E-state index is 0.174. The lowest BCUT2D eigenvalue weighted by atomic mass is 9.99. The van der Waals surface area contributed by atoms with Gasteiger partial charge in [0.05, 0.1) is 17.2 Å². The summed E-state index contributed by atoms with van der Waals surface area (Å²) in [6, 6.07) is 15.9. The van der Waals surface area contributed by atoms with E-state index in [0.29, 0.717) is 44.7 Å². The van der Waals surface area contributed by atoms with Gasteiger partial charge in [0.1, 0.15) is 16.9 Å². The van der Waals surface area contributed by atoms with Crippen molar-refractivity contribution in [1.29, 1.82) is 0 Å². The molecule has 0 radical (unpaired) electrons. The first kappa shape index (κ1) is 22.9. The van der Waals surface area contributed by atoms with Crippen LogP contribution < -0.4 is 4.72 Å². The number of sulfonamides is 1. The molecule has 1 heterocycles.